The highest BCUT2D eigenvalue weighted by Gasteiger charge is 2.29. The number of aliphatic hydroxyl groups excluding tert-OH is 1. The van der Waals surface area contributed by atoms with Gasteiger partial charge in [-0.25, -0.2) is 8.78 Å². The summed E-state index contributed by atoms with van der Waals surface area (Å²) in [4.78, 5) is 4.21. The highest BCUT2D eigenvalue weighted by Crippen LogP contribution is 2.17. The smallest absolute Gasteiger partial charge is 0.126 e. The number of hydrogen-bond donors (Lipinski definition) is 1. The van der Waals surface area contributed by atoms with Crippen LogP contribution in [0.3, 0.4) is 0 Å². The predicted molar refractivity (Wildman–Crippen MR) is 70.0 cm³/mol. The van der Waals surface area contributed by atoms with Crippen molar-refractivity contribution in [3.63, 3.8) is 0 Å². The minimum Gasteiger partial charge on any atom is -0.391 e. The van der Waals surface area contributed by atoms with Crippen LogP contribution in [0.4, 0.5) is 8.78 Å². The Balaban J connectivity index is 2.07. The van der Waals surface area contributed by atoms with Crippen LogP contribution in [-0.2, 0) is 6.42 Å². The predicted octanol–water partition coefficient (Wildman–Crippen LogP) is 1.11. The summed E-state index contributed by atoms with van der Waals surface area (Å²) in [5.74, 6) is -0.940. The molecule has 1 N–H and O–H groups in total. The first kappa shape index (κ1) is 14.4. The molecule has 0 aromatic heterocycles. The van der Waals surface area contributed by atoms with Crippen molar-refractivity contribution < 1.29 is 13.9 Å². The van der Waals surface area contributed by atoms with Gasteiger partial charge < -0.3 is 10.0 Å². The van der Waals surface area contributed by atoms with E-state index in [1.165, 1.54) is 0 Å². The Hall–Kier alpha value is -1.04. The third kappa shape index (κ3) is 3.49. The van der Waals surface area contributed by atoms with Crippen LogP contribution < -0.4 is 0 Å². The van der Waals surface area contributed by atoms with Crippen molar-refractivity contribution in [1.29, 1.82) is 0 Å². The summed E-state index contributed by atoms with van der Waals surface area (Å²) in [7, 11) is 3.94. The second-order valence-electron chi connectivity index (χ2n) is 5.32. The molecule has 19 heavy (non-hydrogen) atoms. The van der Waals surface area contributed by atoms with E-state index in [2.05, 4.69) is 9.80 Å². The van der Waals surface area contributed by atoms with E-state index in [9.17, 15) is 13.9 Å². The first-order valence-corrected chi connectivity index (χ1v) is 6.48. The standard InChI is InChI=1S/C14H20F2N2O/c1-17-5-6-18(2)13(9-17)14(19)8-10-7-11(15)3-4-12(10)16/h3-4,7,13-14,19H,5-6,8-9H2,1-2H3. The van der Waals surface area contributed by atoms with Crippen molar-refractivity contribution in [3.05, 3.63) is 35.4 Å². The number of aliphatic hydroxyl groups is 1. The van der Waals surface area contributed by atoms with Crippen LogP contribution in [-0.4, -0.2) is 60.8 Å². The minimum absolute atomic E-state index is 0.0542. The molecular weight excluding hydrogens is 250 g/mol. The molecule has 1 aliphatic heterocycles. The largest absolute Gasteiger partial charge is 0.391 e. The number of rotatable bonds is 3. The van der Waals surface area contributed by atoms with Gasteiger partial charge >= 0.3 is 0 Å². The van der Waals surface area contributed by atoms with Crippen molar-refractivity contribution in [3.8, 4) is 0 Å². The van der Waals surface area contributed by atoms with Gasteiger partial charge in [-0.1, -0.05) is 0 Å². The van der Waals surface area contributed by atoms with E-state index in [0.717, 1.165) is 37.8 Å². The van der Waals surface area contributed by atoms with Gasteiger partial charge in [-0.05, 0) is 37.9 Å². The number of nitrogens with zero attached hydrogens (tertiary/aromatic N) is 2. The lowest BCUT2D eigenvalue weighted by Gasteiger charge is -2.40. The second-order valence-corrected chi connectivity index (χ2v) is 5.32. The summed E-state index contributed by atoms with van der Waals surface area (Å²) in [6.45, 7) is 2.55. The van der Waals surface area contributed by atoms with E-state index in [0.29, 0.717) is 0 Å². The zero-order valence-corrected chi connectivity index (χ0v) is 11.3. The molecule has 5 heteroatoms. The third-order valence-electron chi connectivity index (χ3n) is 3.78. The van der Waals surface area contributed by atoms with Crippen LogP contribution in [0.1, 0.15) is 5.56 Å². The molecule has 0 aliphatic carbocycles. The summed E-state index contributed by atoms with van der Waals surface area (Å²) in [5, 5.41) is 10.3. The van der Waals surface area contributed by atoms with Crippen LogP contribution in [0.15, 0.2) is 18.2 Å². The van der Waals surface area contributed by atoms with Crippen molar-refractivity contribution in [1.82, 2.24) is 9.80 Å². The monoisotopic (exact) mass is 270 g/mol. The Morgan fingerprint density at radius 1 is 1.32 bits per heavy atom. The third-order valence-corrected chi connectivity index (χ3v) is 3.78. The number of hydrogen-bond acceptors (Lipinski definition) is 3. The van der Waals surface area contributed by atoms with Crippen LogP contribution in [0, 0.1) is 11.6 Å². The van der Waals surface area contributed by atoms with E-state index in [-0.39, 0.29) is 18.0 Å². The highest BCUT2D eigenvalue weighted by atomic mass is 19.1. The topological polar surface area (TPSA) is 26.7 Å². The molecule has 0 spiro atoms. The quantitative estimate of drug-likeness (QED) is 0.891. The Morgan fingerprint density at radius 2 is 2.05 bits per heavy atom. The maximum atomic E-state index is 13.6. The molecule has 1 aromatic carbocycles. The number of likely N-dealkylation sites (N-methyl/N-ethyl adjacent to an activating group) is 2. The average Bonchev–Trinajstić information content (AvgIpc) is 2.36. The van der Waals surface area contributed by atoms with Gasteiger partial charge in [0.1, 0.15) is 11.6 Å². The summed E-state index contributed by atoms with van der Waals surface area (Å²) in [5.41, 5.74) is 0.231. The average molecular weight is 270 g/mol. The molecule has 2 unspecified atom stereocenters. The number of halogens is 2. The zero-order chi connectivity index (χ0) is 14.0. The Bertz CT molecular complexity index is 441. The van der Waals surface area contributed by atoms with Gasteiger partial charge in [0.15, 0.2) is 0 Å². The van der Waals surface area contributed by atoms with E-state index in [1.807, 2.05) is 14.1 Å². The molecule has 0 amide bonds. The van der Waals surface area contributed by atoms with Gasteiger partial charge in [-0.15, -0.1) is 0 Å². The summed E-state index contributed by atoms with van der Waals surface area (Å²) in [6, 6.07) is 3.30. The molecule has 1 saturated heterocycles. The number of benzene rings is 1. The SMILES string of the molecule is CN1CCN(C)C(C(O)Cc2cc(F)ccc2F)C1. The molecule has 0 radical (unpaired) electrons. The molecular formula is C14H20F2N2O. The Morgan fingerprint density at radius 3 is 2.79 bits per heavy atom. The molecule has 1 heterocycles. The minimum atomic E-state index is -0.705. The fourth-order valence-electron chi connectivity index (χ4n) is 2.52. The summed E-state index contributed by atoms with van der Waals surface area (Å²) in [6.07, 6.45) is -0.573. The van der Waals surface area contributed by atoms with E-state index in [4.69, 9.17) is 0 Å². The summed E-state index contributed by atoms with van der Waals surface area (Å²) < 4.78 is 26.7. The van der Waals surface area contributed by atoms with Crippen molar-refractivity contribution in [2.75, 3.05) is 33.7 Å². The van der Waals surface area contributed by atoms with Crippen molar-refractivity contribution >= 4 is 0 Å². The van der Waals surface area contributed by atoms with E-state index in [1.54, 1.807) is 0 Å². The molecule has 1 aromatic rings. The normalized spacial score (nSPS) is 23.5. The van der Waals surface area contributed by atoms with E-state index < -0.39 is 17.7 Å². The molecule has 1 aliphatic rings. The molecule has 0 bridgehead atoms. The lowest BCUT2D eigenvalue weighted by atomic mass is 9.99. The Kier molecular flexibility index (Phi) is 4.50. The van der Waals surface area contributed by atoms with Crippen LogP contribution in [0.25, 0.3) is 0 Å². The summed E-state index contributed by atoms with van der Waals surface area (Å²) >= 11 is 0. The van der Waals surface area contributed by atoms with Crippen LogP contribution >= 0.6 is 0 Å². The van der Waals surface area contributed by atoms with Crippen molar-refractivity contribution in [2.45, 2.75) is 18.6 Å². The zero-order valence-electron chi connectivity index (χ0n) is 11.3. The van der Waals surface area contributed by atoms with Crippen molar-refractivity contribution in [2.24, 2.45) is 0 Å². The van der Waals surface area contributed by atoms with Crippen LogP contribution in [0.5, 0.6) is 0 Å². The van der Waals surface area contributed by atoms with Gasteiger partial charge in [0.25, 0.3) is 0 Å². The molecule has 106 valence electrons. The fraction of sp³-hybridized carbons (Fsp3) is 0.571. The molecule has 0 saturated carbocycles. The van der Waals surface area contributed by atoms with Gasteiger partial charge in [0.2, 0.25) is 0 Å². The lowest BCUT2D eigenvalue weighted by molar-refractivity contribution is 0.0149. The first-order valence-electron chi connectivity index (χ1n) is 6.48. The van der Waals surface area contributed by atoms with Crippen LogP contribution in [0.2, 0.25) is 0 Å². The maximum Gasteiger partial charge on any atom is 0.126 e. The first-order chi connectivity index (χ1) is 8.97. The number of piperazine rings is 1. The van der Waals surface area contributed by atoms with Gasteiger partial charge in [0, 0.05) is 32.1 Å². The Labute approximate surface area is 112 Å². The lowest BCUT2D eigenvalue weighted by Crippen LogP contribution is -2.55. The molecule has 1 fully saturated rings. The van der Waals surface area contributed by atoms with Gasteiger partial charge in [0.05, 0.1) is 6.10 Å². The maximum absolute atomic E-state index is 13.6. The molecule has 2 atom stereocenters. The molecule has 3 nitrogen and oxygen atoms in total. The second kappa shape index (κ2) is 5.94. The van der Waals surface area contributed by atoms with Gasteiger partial charge in [-0.3, -0.25) is 4.90 Å². The van der Waals surface area contributed by atoms with Gasteiger partial charge in [-0.2, -0.15) is 0 Å². The highest BCUT2D eigenvalue weighted by molar-refractivity contribution is 5.20. The van der Waals surface area contributed by atoms with E-state index >= 15 is 0 Å². The molecule has 2 rings (SSSR count). The fourth-order valence-corrected chi connectivity index (χ4v) is 2.52.